The van der Waals surface area contributed by atoms with Gasteiger partial charge in [0.15, 0.2) is 0 Å². The third-order valence-electron chi connectivity index (χ3n) is 16.2. The van der Waals surface area contributed by atoms with Crippen molar-refractivity contribution >= 4 is 65.6 Å². The van der Waals surface area contributed by atoms with Crippen LogP contribution in [0.3, 0.4) is 0 Å². The molecule has 15 rings (SSSR count). The molecule has 1 spiro atoms. The lowest BCUT2D eigenvalue weighted by atomic mass is 9.64. The number of hydrogen-bond acceptors (Lipinski definition) is 3. The first-order valence-corrected chi connectivity index (χ1v) is 26.2. The minimum absolute atomic E-state index is 0.231. The van der Waals surface area contributed by atoms with Gasteiger partial charge in [-0.25, -0.2) is 0 Å². The summed E-state index contributed by atoms with van der Waals surface area (Å²) in [5, 5.41) is 2.54. The van der Waals surface area contributed by atoms with Gasteiger partial charge < -0.3 is 9.80 Å². The Bertz CT molecular complexity index is 4140. The molecular weight excluding hydrogens is 901 g/mol. The van der Waals surface area contributed by atoms with E-state index in [0.717, 1.165) is 17.1 Å². The van der Waals surface area contributed by atoms with Crippen LogP contribution in [0.15, 0.2) is 255 Å². The van der Waals surface area contributed by atoms with Gasteiger partial charge in [0, 0.05) is 42.6 Å². The van der Waals surface area contributed by atoms with E-state index in [-0.39, 0.29) is 5.41 Å². The molecular formula is C70H48N2S. The zero-order valence-electron chi connectivity index (χ0n) is 40.6. The Kier molecular flexibility index (Phi) is 9.12. The molecule has 1 aromatic heterocycles. The van der Waals surface area contributed by atoms with E-state index >= 15 is 0 Å². The molecule has 2 aliphatic carbocycles. The first kappa shape index (κ1) is 42.0. The fourth-order valence-electron chi connectivity index (χ4n) is 13.0. The highest BCUT2D eigenvalue weighted by Gasteiger charge is 2.52. The quantitative estimate of drug-likeness (QED) is 0.164. The van der Waals surface area contributed by atoms with Gasteiger partial charge in [-0.15, -0.1) is 11.3 Å². The second kappa shape index (κ2) is 15.9. The molecule has 344 valence electrons. The molecule has 2 heterocycles. The first-order valence-electron chi connectivity index (χ1n) is 25.4. The van der Waals surface area contributed by atoms with Crippen LogP contribution in [0.1, 0.15) is 47.2 Å². The summed E-state index contributed by atoms with van der Waals surface area (Å²) in [6.07, 6.45) is 0. The third kappa shape index (κ3) is 6.04. The molecule has 0 bridgehead atoms. The number of hydrogen-bond donors (Lipinski definition) is 0. The van der Waals surface area contributed by atoms with Gasteiger partial charge in [-0.3, -0.25) is 0 Å². The molecule has 0 saturated carbocycles. The average molecular weight is 949 g/mol. The fourth-order valence-corrected chi connectivity index (χ4v) is 14.2. The van der Waals surface area contributed by atoms with E-state index in [1.807, 2.05) is 11.3 Å². The Morgan fingerprint density at radius 3 is 1.60 bits per heavy atom. The van der Waals surface area contributed by atoms with Crippen molar-refractivity contribution in [2.24, 2.45) is 0 Å². The van der Waals surface area contributed by atoms with Crippen molar-refractivity contribution in [3.8, 4) is 44.5 Å². The maximum atomic E-state index is 2.56. The maximum absolute atomic E-state index is 2.56. The SMILES string of the molecule is CC1(C)c2cc(-c3ccccc3)ccc2-c2ccc(N(c3ccc4c(c3)-c3ccccc3C43c4ccccc4N(c4ccccc4)c4ccccc43)c3cccc4sc5cc(-c6ccccc6)ccc5c34)cc21. The van der Waals surface area contributed by atoms with Crippen LogP contribution in [-0.2, 0) is 10.8 Å². The minimum Gasteiger partial charge on any atom is -0.310 e. The predicted molar refractivity (Wildman–Crippen MR) is 308 cm³/mol. The largest absolute Gasteiger partial charge is 0.310 e. The van der Waals surface area contributed by atoms with Crippen LogP contribution < -0.4 is 9.80 Å². The van der Waals surface area contributed by atoms with Gasteiger partial charge >= 0.3 is 0 Å². The third-order valence-corrected chi connectivity index (χ3v) is 17.4. The topological polar surface area (TPSA) is 6.48 Å². The van der Waals surface area contributed by atoms with Crippen molar-refractivity contribution in [3.05, 3.63) is 288 Å². The number of anilines is 6. The Labute approximate surface area is 430 Å². The van der Waals surface area contributed by atoms with E-state index in [4.69, 9.17) is 0 Å². The molecule has 11 aromatic carbocycles. The molecule has 0 atom stereocenters. The zero-order valence-corrected chi connectivity index (χ0v) is 41.4. The van der Waals surface area contributed by atoms with Gasteiger partial charge in [0.1, 0.15) is 0 Å². The van der Waals surface area contributed by atoms with Crippen LogP contribution >= 0.6 is 11.3 Å². The van der Waals surface area contributed by atoms with Gasteiger partial charge in [0.05, 0.1) is 22.5 Å². The summed E-state index contributed by atoms with van der Waals surface area (Å²) in [7, 11) is 0. The Morgan fingerprint density at radius 1 is 0.356 bits per heavy atom. The van der Waals surface area contributed by atoms with Gasteiger partial charge in [-0.1, -0.05) is 196 Å². The smallest absolute Gasteiger partial charge is 0.0754 e. The first-order chi connectivity index (χ1) is 36.0. The van der Waals surface area contributed by atoms with Gasteiger partial charge in [0.25, 0.3) is 0 Å². The molecule has 0 saturated heterocycles. The van der Waals surface area contributed by atoms with Crippen molar-refractivity contribution in [3.63, 3.8) is 0 Å². The molecule has 1 aliphatic heterocycles. The predicted octanol–water partition coefficient (Wildman–Crippen LogP) is 19.3. The number of fused-ring (bicyclic) bond motifs is 15. The highest BCUT2D eigenvalue weighted by molar-refractivity contribution is 7.26. The lowest BCUT2D eigenvalue weighted by molar-refractivity contribution is 0.660. The Morgan fingerprint density at radius 2 is 0.890 bits per heavy atom. The minimum atomic E-state index is -0.546. The summed E-state index contributed by atoms with van der Waals surface area (Å²) in [6, 6.07) is 95.3. The molecule has 2 nitrogen and oxygen atoms in total. The number of benzene rings is 11. The molecule has 3 heteroatoms. The van der Waals surface area contributed by atoms with Crippen molar-refractivity contribution in [1.29, 1.82) is 0 Å². The van der Waals surface area contributed by atoms with Crippen molar-refractivity contribution in [2.75, 3.05) is 9.80 Å². The molecule has 12 aromatic rings. The van der Waals surface area contributed by atoms with E-state index in [1.54, 1.807) is 0 Å². The van der Waals surface area contributed by atoms with Crippen LogP contribution in [0.4, 0.5) is 34.1 Å². The van der Waals surface area contributed by atoms with E-state index < -0.39 is 5.41 Å². The highest BCUT2D eigenvalue weighted by atomic mass is 32.1. The lowest BCUT2D eigenvalue weighted by Crippen LogP contribution is -2.36. The summed E-state index contributed by atoms with van der Waals surface area (Å²) in [5.74, 6) is 0. The van der Waals surface area contributed by atoms with Crippen LogP contribution in [0.25, 0.3) is 64.7 Å². The number of para-hydroxylation sites is 3. The van der Waals surface area contributed by atoms with E-state index in [9.17, 15) is 0 Å². The summed E-state index contributed by atoms with van der Waals surface area (Å²) < 4.78 is 2.56. The van der Waals surface area contributed by atoms with Crippen molar-refractivity contribution < 1.29 is 0 Å². The molecule has 0 N–H and O–H groups in total. The van der Waals surface area contributed by atoms with Crippen LogP contribution in [0, 0.1) is 0 Å². The van der Waals surface area contributed by atoms with Crippen LogP contribution in [0.2, 0.25) is 0 Å². The number of rotatable bonds is 6. The molecule has 0 unspecified atom stereocenters. The summed E-state index contributed by atoms with van der Waals surface area (Å²) in [6.45, 7) is 4.81. The van der Waals surface area contributed by atoms with Crippen molar-refractivity contribution in [2.45, 2.75) is 24.7 Å². The van der Waals surface area contributed by atoms with E-state index in [1.165, 1.54) is 115 Å². The standard InChI is InChI=1S/C70H48N2S/c1-69(2)61-41-47(45-19-6-3-7-20-45)33-37-53(61)54-39-35-51(44-62(54)69)71(65-31-18-32-66-68(65)55-38-34-48(42-67(55)73-66)46-21-8-4-9-22-46)50-36-40-58-56(43-50)52-25-12-13-26-57(52)70(58)59-27-14-16-29-63(59)72(49-23-10-5-11-24-49)64-30-17-15-28-60(64)70/h3-44H,1-2H3. The Balaban J connectivity index is 0.959. The van der Waals surface area contributed by atoms with E-state index in [0.29, 0.717) is 0 Å². The molecule has 0 fully saturated rings. The molecule has 73 heavy (non-hydrogen) atoms. The van der Waals surface area contributed by atoms with Crippen LogP contribution in [0.5, 0.6) is 0 Å². The van der Waals surface area contributed by atoms with E-state index in [2.05, 4.69) is 278 Å². The summed E-state index contributed by atoms with van der Waals surface area (Å²) in [5.41, 5.74) is 24.2. The van der Waals surface area contributed by atoms with Crippen molar-refractivity contribution in [1.82, 2.24) is 0 Å². The normalized spacial score (nSPS) is 14.1. The summed E-state index contributed by atoms with van der Waals surface area (Å²) >= 11 is 1.88. The van der Waals surface area contributed by atoms with Gasteiger partial charge in [0.2, 0.25) is 0 Å². The number of thiophene rings is 1. The Hall–Kier alpha value is -8.76. The number of nitrogens with zero attached hydrogens (tertiary/aromatic N) is 2. The van der Waals surface area contributed by atoms with Crippen LogP contribution in [-0.4, -0.2) is 0 Å². The summed E-state index contributed by atoms with van der Waals surface area (Å²) in [4.78, 5) is 5.01. The van der Waals surface area contributed by atoms with Gasteiger partial charge in [-0.05, 0) is 151 Å². The second-order valence-corrected chi connectivity index (χ2v) is 21.5. The molecule has 3 aliphatic rings. The average Bonchev–Trinajstić information content (AvgIpc) is 4.05. The fraction of sp³-hybridized carbons (Fsp3) is 0.0571. The zero-order chi connectivity index (χ0) is 48.4. The highest BCUT2D eigenvalue weighted by Crippen LogP contribution is 2.64. The van der Waals surface area contributed by atoms with Gasteiger partial charge in [-0.2, -0.15) is 0 Å². The molecule has 0 amide bonds. The maximum Gasteiger partial charge on any atom is 0.0754 e. The second-order valence-electron chi connectivity index (χ2n) is 20.4. The monoisotopic (exact) mass is 948 g/mol. The molecule has 0 radical (unpaired) electrons. The lowest BCUT2D eigenvalue weighted by Gasteiger charge is -2.45.